The van der Waals surface area contributed by atoms with Crippen LogP contribution >= 0.6 is 0 Å². The van der Waals surface area contributed by atoms with Gasteiger partial charge in [0.25, 0.3) is 0 Å². The lowest BCUT2D eigenvalue weighted by atomic mass is 10.2. The van der Waals surface area contributed by atoms with Gasteiger partial charge in [-0.15, -0.1) is 0 Å². The number of nitrogens with two attached hydrogens (primary N) is 1. The second kappa shape index (κ2) is 3.71. The lowest BCUT2D eigenvalue weighted by Crippen LogP contribution is -1.97. The molecule has 0 fully saturated rings. The summed E-state index contributed by atoms with van der Waals surface area (Å²) in [6.07, 6.45) is 3.48. The summed E-state index contributed by atoms with van der Waals surface area (Å²) in [6.45, 7) is 2.42. The van der Waals surface area contributed by atoms with Crippen LogP contribution in [-0.4, -0.2) is 15.0 Å². The van der Waals surface area contributed by atoms with Crippen LogP contribution in [0.3, 0.4) is 0 Å². The Morgan fingerprint density at radius 2 is 2.29 bits per heavy atom. The van der Waals surface area contributed by atoms with Gasteiger partial charge in [-0.1, -0.05) is 0 Å². The van der Waals surface area contributed by atoms with Crippen LogP contribution in [-0.2, 0) is 6.54 Å². The van der Waals surface area contributed by atoms with Gasteiger partial charge in [0.15, 0.2) is 11.6 Å². The van der Waals surface area contributed by atoms with Crippen molar-refractivity contribution in [3.63, 3.8) is 0 Å². The summed E-state index contributed by atoms with van der Waals surface area (Å²) >= 11 is 0. The van der Waals surface area contributed by atoms with E-state index in [2.05, 4.69) is 15.0 Å². The van der Waals surface area contributed by atoms with Gasteiger partial charge in [-0.05, 0) is 24.6 Å². The zero-order chi connectivity index (χ0) is 11.8. The van der Waals surface area contributed by atoms with E-state index >= 15 is 0 Å². The van der Waals surface area contributed by atoms with Gasteiger partial charge < -0.3 is 15.1 Å². The summed E-state index contributed by atoms with van der Waals surface area (Å²) in [4.78, 5) is 12.0. The Morgan fingerprint density at radius 1 is 1.41 bits per heavy atom. The van der Waals surface area contributed by atoms with E-state index in [4.69, 9.17) is 10.2 Å². The third-order valence-electron chi connectivity index (χ3n) is 2.76. The van der Waals surface area contributed by atoms with Crippen LogP contribution in [0.4, 0.5) is 0 Å². The first-order valence-electron chi connectivity index (χ1n) is 5.38. The van der Waals surface area contributed by atoms with E-state index in [0.717, 1.165) is 22.3 Å². The SMILES string of the molecule is Cc1nc(-c2ccco2)nc2[nH]cc(CN)c12. The predicted molar refractivity (Wildman–Crippen MR) is 64.2 cm³/mol. The van der Waals surface area contributed by atoms with Gasteiger partial charge in [-0.25, -0.2) is 9.97 Å². The quantitative estimate of drug-likeness (QED) is 0.702. The fourth-order valence-electron chi connectivity index (χ4n) is 1.97. The number of fused-ring (bicyclic) bond motifs is 1. The van der Waals surface area contributed by atoms with E-state index in [0.29, 0.717) is 18.1 Å². The highest BCUT2D eigenvalue weighted by molar-refractivity contribution is 5.83. The van der Waals surface area contributed by atoms with Crippen molar-refractivity contribution in [1.29, 1.82) is 0 Å². The lowest BCUT2D eigenvalue weighted by Gasteiger charge is -2.01. The molecule has 3 aromatic heterocycles. The molecular formula is C12H12N4O. The van der Waals surface area contributed by atoms with Crippen LogP contribution in [0.1, 0.15) is 11.3 Å². The Hall–Kier alpha value is -2.14. The number of aryl methyl sites for hydroxylation is 1. The third-order valence-corrected chi connectivity index (χ3v) is 2.76. The number of hydrogen-bond acceptors (Lipinski definition) is 4. The Labute approximate surface area is 97.7 Å². The van der Waals surface area contributed by atoms with Crippen molar-refractivity contribution in [2.45, 2.75) is 13.5 Å². The van der Waals surface area contributed by atoms with Crippen LogP contribution in [0.5, 0.6) is 0 Å². The predicted octanol–water partition coefficient (Wildman–Crippen LogP) is 1.99. The second-order valence-corrected chi connectivity index (χ2v) is 3.85. The molecule has 0 radical (unpaired) electrons. The van der Waals surface area contributed by atoms with Crippen LogP contribution in [0.25, 0.3) is 22.6 Å². The van der Waals surface area contributed by atoms with E-state index in [-0.39, 0.29) is 0 Å². The van der Waals surface area contributed by atoms with E-state index in [1.54, 1.807) is 6.26 Å². The first-order valence-corrected chi connectivity index (χ1v) is 5.38. The molecule has 0 amide bonds. The minimum atomic E-state index is 0.476. The summed E-state index contributed by atoms with van der Waals surface area (Å²) in [5.41, 5.74) is 8.40. The van der Waals surface area contributed by atoms with Crippen molar-refractivity contribution < 1.29 is 4.42 Å². The summed E-state index contributed by atoms with van der Waals surface area (Å²) in [7, 11) is 0. The molecule has 3 N–H and O–H groups in total. The molecule has 3 heterocycles. The average Bonchev–Trinajstić information content (AvgIpc) is 2.97. The molecule has 0 aliphatic rings. The lowest BCUT2D eigenvalue weighted by molar-refractivity contribution is 0.577. The topological polar surface area (TPSA) is 80.7 Å². The molecule has 3 aromatic rings. The molecule has 0 aliphatic carbocycles. The molecule has 0 spiro atoms. The van der Waals surface area contributed by atoms with E-state index in [9.17, 15) is 0 Å². The van der Waals surface area contributed by atoms with E-state index < -0.39 is 0 Å². The fourth-order valence-corrected chi connectivity index (χ4v) is 1.97. The highest BCUT2D eigenvalue weighted by atomic mass is 16.3. The summed E-state index contributed by atoms with van der Waals surface area (Å²) in [6, 6.07) is 3.66. The number of furan rings is 1. The number of nitrogens with one attached hydrogen (secondary N) is 1. The Kier molecular flexibility index (Phi) is 2.19. The minimum absolute atomic E-state index is 0.476. The molecule has 0 aliphatic heterocycles. The van der Waals surface area contributed by atoms with Gasteiger partial charge in [0.05, 0.1) is 12.0 Å². The molecular weight excluding hydrogens is 216 g/mol. The molecule has 5 nitrogen and oxygen atoms in total. The molecule has 17 heavy (non-hydrogen) atoms. The molecule has 3 rings (SSSR count). The number of H-pyrrole nitrogens is 1. The van der Waals surface area contributed by atoms with Gasteiger partial charge in [-0.2, -0.15) is 0 Å². The highest BCUT2D eigenvalue weighted by Gasteiger charge is 2.12. The van der Waals surface area contributed by atoms with Gasteiger partial charge in [0.2, 0.25) is 0 Å². The molecule has 0 saturated carbocycles. The van der Waals surface area contributed by atoms with Gasteiger partial charge in [-0.3, -0.25) is 0 Å². The zero-order valence-electron chi connectivity index (χ0n) is 9.40. The van der Waals surface area contributed by atoms with Crippen molar-refractivity contribution in [3.05, 3.63) is 35.9 Å². The van der Waals surface area contributed by atoms with E-state index in [1.807, 2.05) is 25.3 Å². The van der Waals surface area contributed by atoms with Crippen molar-refractivity contribution in [2.24, 2.45) is 5.73 Å². The van der Waals surface area contributed by atoms with Crippen molar-refractivity contribution in [2.75, 3.05) is 0 Å². The number of aromatic nitrogens is 3. The molecule has 0 saturated heterocycles. The number of hydrogen-bond donors (Lipinski definition) is 2. The van der Waals surface area contributed by atoms with Crippen LogP contribution in [0.2, 0.25) is 0 Å². The average molecular weight is 228 g/mol. The normalized spacial score (nSPS) is 11.2. The van der Waals surface area contributed by atoms with Gasteiger partial charge in [0.1, 0.15) is 5.65 Å². The van der Waals surface area contributed by atoms with Gasteiger partial charge >= 0.3 is 0 Å². The maximum atomic E-state index is 5.67. The van der Waals surface area contributed by atoms with Crippen LogP contribution < -0.4 is 5.73 Å². The monoisotopic (exact) mass is 228 g/mol. The first-order chi connectivity index (χ1) is 8.29. The van der Waals surface area contributed by atoms with Crippen LogP contribution in [0.15, 0.2) is 29.0 Å². The van der Waals surface area contributed by atoms with Crippen molar-refractivity contribution in [1.82, 2.24) is 15.0 Å². The second-order valence-electron chi connectivity index (χ2n) is 3.85. The Morgan fingerprint density at radius 3 is 3.00 bits per heavy atom. The zero-order valence-corrected chi connectivity index (χ0v) is 9.40. The molecule has 86 valence electrons. The summed E-state index contributed by atoms with van der Waals surface area (Å²) < 4.78 is 5.29. The van der Waals surface area contributed by atoms with Crippen molar-refractivity contribution >= 4 is 11.0 Å². The molecule has 0 bridgehead atoms. The Balaban J connectivity index is 2.25. The minimum Gasteiger partial charge on any atom is -0.461 e. The summed E-state index contributed by atoms with van der Waals surface area (Å²) in [5.74, 6) is 1.25. The van der Waals surface area contributed by atoms with E-state index in [1.165, 1.54) is 0 Å². The smallest absolute Gasteiger partial charge is 0.197 e. The third kappa shape index (κ3) is 1.52. The molecule has 5 heteroatoms. The highest BCUT2D eigenvalue weighted by Crippen LogP contribution is 2.23. The largest absolute Gasteiger partial charge is 0.461 e. The number of rotatable bonds is 2. The Bertz CT molecular complexity index is 655. The first kappa shape index (κ1) is 10.0. The molecule has 0 atom stereocenters. The standard InChI is InChI=1S/C12H12N4O/c1-7-10-8(5-13)6-14-12(10)16-11(15-7)9-3-2-4-17-9/h2-4,6H,5,13H2,1H3,(H,14,15,16). The maximum absolute atomic E-state index is 5.67. The number of nitrogens with zero attached hydrogens (tertiary/aromatic N) is 2. The maximum Gasteiger partial charge on any atom is 0.197 e. The van der Waals surface area contributed by atoms with Crippen molar-refractivity contribution in [3.8, 4) is 11.6 Å². The molecule has 0 unspecified atom stereocenters. The van der Waals surface area contributed by atoms with Crippen LogP contribution in [0, 0.1) is 6.92 Å². The number of aromatic amines is 1. The van der Waals surface area contributed by atoms with Gasteiger partial charge in [0, 0.05) is 18.1 Å². The summed E-state index contributed by atoms with van der Waals surface area (Å²) in [5, 5.41) is 1.00. The fraction of sp³-hybridized carbons (Fsp3) is 0.167. The molecule has 0 aromatic carbocycles.